The smallest absolute Gasteiger partial charge is 0.333 e. The van der Waals surface area contributed by atoms with Crippen molar-refractivity contribution in [2.24, 2.45) is 17.0 Å². The van der Waals surface area contributed by atoms with Crippen molar-refractivity contribution in [2.45, 2.75) is 45.7 Å². The molecule has 158 valence electrons. The summed E-state index contributed by atoms with van der Waals surface area (Å²) in [6, 6.07) is 1.74. The van der Waals surface area contributed by atoms with Crippen LogP contribution in [0, 0.1) is 11.8 Å². The number of aromatic nitrogens is 4. The molecule has 1 aliphatic rings. The molecule has 0 bridgehead atoms. The van der Waals surface area contributed by atoms with E-state index in [9.17, 15) is 13.2 Å². The Morgan fingerprint density at radius 3 is 2.93 bits per heavy atom. The summed E-state index contributed by atoms with van der Waals surface area (Å²) in [6.45, 7) is 4.95. The van der Waals surface area contributed by atoms with Crippen molar-refractivity contribution in [1.29, 1.82) is 0 Å². The van der Waals surface area contributed by atoms with Gasteiger partial charge in [-0.05, 0) is 37.2 Å². The first-order valence-electron chi connectivity index (χ1n) is 9.53. The molecule has 2 heterocycles. The molecule has 0 saturated heterocycles. The Hall–Kier alpha value is -2.37. The summed E-state index contributed by atoms with van der Waals surface area (Å²) >= 11 is 0. The molecule has 10 nitrogen and oxygen atoms in total. The van der Waals surface area contributed by atoms with E-state index in [1.165, 1.54) is 12.5 Å². The second kappa shape index (κ2) is 8.97. The number of nitrogens with zero attached hydrogens (tertiary/aromatic N) is 4. The fourth-order valence-corrected chi connectivity index (χ4v) is 3.83. The summed E-state index contributed by atoms with van der Waals surface area (Å²) in [5.74, 6) is 0.686. The molecule has 3 rings (SSSR count). The molecule has 29 heavy (non-hydrogen) atoms. The molecular formula is C18H26N6O4S. The van der Waals surface area contributed by atoms with Crippen molar-refractivity contribution >= 4 is 21.9 Å². The van der Waals surface area contributed by atoms with Gasteiger partial charge in [-0.15, -0.1) is 0 Å². The number of hydrogen-bond donors (Lipinski definition) is 2. The van der Waals surface area contributed by atoms with E-state index < -0.39 is 10.3 Å². The molecule has 1 aliphatic carbocycles. The highest BCUT2D eigenvalue weighted by Gasteiger charge is 2.28. The van der Waals surface area contributed by atoms with Gasteiger partial charge in [0.2, 0.25) is 5.78 Å². The number of nitrogens with one attached hydrogen (secondary N) is 1. The Balaban J connectivity index is 1.66. The fraction of sp³-hybridized carbons (Fsp3) is 0.556. The van der Waals surface area contributed by atoms with Crippen LogP contribution in [0.5, 0.6) is 0 Å². The number of hydrogen-bond acceptors (Lipinski definition) is 8. The highest BCUT2D eigenvalue weighted by Crippen LogP contribution is 2.29. The molecule has 0 radical (unpaired) electrons. The van der Waals surface area contributed by atoms with Crippen LogP contribution in [0.2, 0.25) is 0 Å². The lowest BCUT2D eigenvalue weighted by Gasteiger charge is -2.15. The molecule has 1 fully saturated rings. The van der Waals surface area contributed by atoms with Crippen LogP contribution in [0.15, 0.2) is 24.8 Å². The van der Waals surface area contributed by atoms with Gasteiger partial charge >= 0.3 is 10.3 Å². The topological polar surface area (TPSA) is 142 Å². The van der Waals surface area contributed by atoms with Crippen LogP contribution in [-0.2, 0) is 21.0 Å². The van der Waals surface area contributed by atoms with E-state index >= 15 is 0 Å². The molecule has 2 atom stereocenters. The SMILES string of the molecule is CC(C)Cn1ccc(C(=O)c2cncnc2N[C@H]2CC[C@@H](COS(N)(=O)=O)C2)n1. The largest absolute Gasteiger partial charge is 0.367 e. The van der Waals surface area contributed by atoms with Gasteiger partial charge in [0.25, 0.3) is 0 Å². The summed E-state index contributed by atoms with van der Waals surface area (Å²) in [4.78, 5) is 21.1. The number of anilines is 1. The molecule has 3 N–H and O–H groups in total. The van der Waals surface area contributed by atoms with Crippen LogP contribution < -0.4 is 10.5 Å². The van der Waals surface area contributed by atoms with Crippen molar-refractivity contribution in [3.8, 4) is 0 Å². The zero-order chi connectivity index (χ0) is 21.0. The fourth-order valence-electron chi connectivity index (χ4n) is 3.45. The highest BCUT2D eigenvalue weighted by atomic mass is 32.2. The third kappa shape index (κ3) is 6.05. The third-order valence-corrected chi connectivity index (χ3v) is 5.20. The quantitative estimate of drug-likeness (QED) is 0.577. The average molecular weight is 423 g/mol. The number of nitrogens with two attached hydrogens (primary N) is 1. The molecule has 11 heteroatoms. The normalized spacial score (nSPS) is 19.6. The third-order valence-electron chi connectivity index (χ3n) is 4.73. The second-order valence-electron chi connectivity index (χ2n) is 7.73. The maximum absolute atomic E-state index is 12.9. The molecule has 0 unspecified atom stereocenters. The first-order valence-corrected chi connectivity index (χ1v) is 11.0. The van der Waals surface area contributed by atoms with Crippen LogP contribution in [-0.4, -0.2) is 46.6 Å². The van der Waals surface area contributed by atoms with Crippen LogP contribution in [0.1, 0.15) is 49.2 Å². The maximum Gasteiger partial charge on any atom is 0.333 e. The molecule has 2 aromatic heterocycles. The second-order valence-corrected chi connectivity index (χ2v) is 8.95. The number of carbonyl (C=O) groups excluding carboxylic acids is 1. The Morgan fingerprint density at radius 2 is 2.21 bits per heavy atom. The van der Waals surface area contributed by atoms with E-state index in [-0.39, 0.29) is 24.3 Å². The van der Waals surface area contributed by atoms with Crippen molar-refractivity contribution in [2.75, 3.05) is 11.9 Å². The summed E-state index contributed by atoms with van der Waals surface area (Å²) in [6.07, 6.45) is 6.94. The summed E-state index contributed by atoms with van der Waals surface area (Å²) in [5.41, 5.74) is 0.695. The monoisotopic (exact) mass is 422 g/mol. The molecule has 0 spiro atoms. The highest BCUT2D eigenvalue weighted by molar-refractivity contribution is 7.84. The predicted molar refractivity (Wildman–Crippen MR) is 106 cm³/mol. The first kappa shape index (κ1) is 21.3. The standard InChI is InChI=1S/C18H26N6O4S/c1-12(2)9-24-6-5-16(23-24)17(25)15-8-20-11-21-18(15)22-14-4-3-13(7-14)10-28-29(19,26)27/h5-6,8,11-14H,3-4,7,9-10H2,1-2H3,(H2,19,26,27)(H,20,21,22)/t13-,14+/m1/s1. The summed E-state index contributed by atoms with van der Waals surface area (Å²) in [5, 5.41) is 12.5. The van der Waals surface area contributed by atoms with Crippen LogP contribution in [0.3, 0.4) is 0 Å². The molecule has 0 aliphatic heterocycles. The minimum absolute atomic E-state index is 0.0454. The maximum atomic E-state index is 12.9. The average Bonchev–Trinajstić information content (AvgIpc) is 3.28. The molecule has 2 aromatic rings. The van der Waals surface area contributed by atoms with Crippen molar-refractivity contribution in [3.63, 3.8) is 0 Å². The Bertz CT molecular complexity index is 959. The van der Waals surface area contributed by atoms with E-state index in [1.54, 1.807) is 16.9 Å². The zero-order valence-electron chi connectivity index (χ0n) is 16.5. The van der Waals surface area contributed by atoms with Gasteiger partial charge in [0.1, 0.15) is 17.8 Å². The minimum atomic E-state index is -3.94. The van der Waals surface area contributed by atoms with Gasteiger partial charge < -0.3 is 5.32 Å². The molecule has 1 saturated carbocycles. The van der Waals surface area contributed by atoms with Crippen molar-refractivity contribution in [1.82, 2.24) is 19.7 Å². The Kier molecular flexibility index (Phi) is 6.60. The Morgan fingerprint density at radius 1 is 1.41 bits per heavy atom. The minimum Gasteiger partial charge on any atom is -0.367 e. The molecule has 0 amide bonds. The van der Waals surface area contributed by atoms with Crippen LogP contribution >= 0.6 is 0 Å². The van der Waals surface area contributed by atoms with Gasteiger partial charge in [0.15, 0.2) is 0 Å². The number of rotatable bonds is 9. The lowest BCUT2D eigenvalue weighted by atomic mass is 10.1. The predicted octanol–water partition coefficient (Wildman–Crippen LogP) is 1.36. The lowest BCUT2D eigenvalue weighted by Crippen LogP contribution is -2.22. The van der Waals surface area contributed by atoms with E-state index in [0.717, 1.165) is 19.4 Å². The summed E-state index contributed by atoms with van der Waals surface area (Å²) in [7, 11) is -3.94. The van der Waals surface area contributed by atoms with Crippen LogP contribution in [0.25, 0.3) is 0 Å². The number of carbonyl (C=O) groups is 1. The Labute approximate surface area is 170 Å². The van der Waals surface area contributed by atoms with Crippen LogP contribution in [0.4, 0.5) is 5.82 Å². The van der Waals surface area contributed by atoms with Gasteiger partial charge in [0, 0.05) is 25.0 Å². The van der Waals surface area contributed by atoms with Gasteiger partial charge in [0.05, 0.1) is 12.2 Å². The van der Waals surface area contributed by atoms with E-state index in [2.05, 4.69) is 34.2 Å². The zero-order valence-corrected chi connectivity index (χ0v) is 17.3. The number of ketones is 1. The molecular weight excluding hydrogens is 396 g/mol. The van der Waals surface area contributed by atoms with Gasteiger partial charge in [-0.2, -0.15) is 13.5 Å². The van der Waals surface area contributed by atoms with Crippen molar-refractivity contribution in [3.05, 3.63) is 36.0 Å². The van der Waals surface area contributed by atoms with Gasteiger partial charge in [-0.1, -0.05) is 13.8 Å². The first-order chi connectivity index (χ1) is 13.7. The van der Waals surface area contributed by atoms with E-state index in [4.69, 9.17) is 9.32 Å². The van der Waals surface area contributed by atoms with E-state index in [0.29, 0.717) is 29.4 Å². The van der Waals surface area contributed by atoms with Gasteiger partial charge in [-0.3, -0.25) is 13.7 Å². The lowest BCUT2D eigenvalue weighted by molar-refractivity contribution is 0.103. The van der Waals surface area contributed by atoms with E-state index in [1.807, 2.05) is 0 Å². The summed E-state index contributed by atoms with van der Waals surface area (Å²) < 4.78 is 28.4. The van der Waals surface area contributed by atoms with Gasteiger partial charge in [-0.25, -0.2) is 15.1 Å². The van der Waals surface area contributed by atoms with Crippen molar-refractivity contribution < 1.29 is 17.4 Å². The molecule has 0 aromatic carbocycles.